The maximum Gasteiger partial charge on any atom is 0.250 e. The van der Waals surface area contributed by atoms with Crippen molar-refractivity contribution in [2.24, 2.45) is 0 Å². The summed E-state index contributed by atoms with van der Waals surface area (Å²) in [5, 5.41) is 2.71. The molecule has 0 spiro atoms. The van der Waals surface area contributed by atoms with Crippen LogP contribution in [0.3, 0.4) is 0 Å². The van der Waals surface area contributed by atoms with Gasteiger partial charge in [0.15, 0.2) is 0 Å². The molecule has 0 aliphatic heterocycles. The van der Waals surface area contributed by atoms with Gasteiger partial charge < -0.3 is 10.1 Å². The lowest BCUT2D eigenvalue weighted by Crippen LogP contribution is -2.27. The van der Waals surface area contributed by atoms with E-state index in [9.17, 15) is 9.18 Å². The number of carbonyl (C=O) groups is 1. The van der Waals surface area contributed by atoms with Crippen molar-refractivity contribution in [1.29, 1.82) is 0 Å². The van der Waals surface area contributed by atoms with E-state index in [2.05, 4.69) is 5.32 Å². The van der Waals surface area contributed by atoms with Crippen LogP contribution in [0.5, 0.6) is 0 Å². The third kappa shape index (κ3) is 5.15. The quantitative estimate of drug-likeness (QED) is 0.905. The van der Waals surface area contributed by atoms with Gasteiger partial charge in [0, 0.05) is 0 Å². The molecule has 94 valence electrons. The molecule has 0 unspecified atom stereocenters. The number of hydrogen-bond donors (Lipinski definition) is 1. The first kappa shape index (κ1) is 13.9. The topological polar surface area (TPSA) is 38.3 Å². The molecule has 0 aliphatic carbocycles. The van der Waals surface area contributed by atoms with E-state index in [1.54, 1.807) is 0 Å². The smallest absolute Gasteiger partial charge is 0.250 e. The Balaban J connectivity index is 2.57. The summed E-state index contributed by atoms with van der Waals surface area (Å²) in [6.07, 6.45) is 0. The second-order valence-corrected chi connectivity index (χ2v) is 4.98. The van der Waals surface area contributed by atoms with E-state index in [4.69, 9.17) is 16.3 Å². The molecule has 0 aliphatic rings. The van der Waals surface area contributed by atoms with Gasteiger partial charge in [0.1, 0.15) is 12.4 Å². The Kier molecular flexibility index (Phi) is 4.48. The second-order valence-electron chi connectivity index (χ2n) is 4.57. The maximum atomic E-state index is 12.8. The number of amides is 1. The molecular weight excluding hydrogens is 245 g/mol. The zero-order valence-electron chi connectivity index (χ0n) is 10.0. The average molecular weight is 260 g/mol. The summed E-state index contributed by atoms with van der Waals surface area (Å²) >= 11 is 5.77. The van der Waals surface area contributed by atoms with Crippen LogP contribution in [0.4, 0.5) is 10.1 Å². The third-order valence-electron chi connectivity index (χ3n) is 1.84. The summed E-state index contributed by atoms with van der Waals surface area (Å²) in [5.41, 5.74) is -0.0141. The second kappa shape index (κ2) is 5.47. The number of benzene rings is 1. The lowest BCUT2D eigenvalue weighted by atomic mass is 10.2. The molecule has 1 amide bonds. The first-order valence-electron chi connectivity index (χ1n) is 5.17. The first-order valence-corrected chi connectivity index (χ1v) is 5.54. The van der Waals surface area contributed by atoms with Crippen molar-refractivity contribution in [3.63, 3.8) is 0 Å². The van der Waals surface area contributed by atoms with Crippen molar-refractivity contribution in [2.75, 3.05) is 11.9 Å². The highest BCUT2D eigenvalue weighted by Gasteiger charge is 2.13. The largest absolute Gasteiger partial charge is 0.366 e. The zero-order chi connectivity index (χ0) is 13.1. The van der Waals surface area contributed by atoms with E-state index in [1.165, 1.54) is 12.1 Å². The summed E-state index contributed by atoms with van der Waals surface area (Å²) < 4.78 is 18.1. The molecule has 17 heavy (non-hydrogen) atoms. The molecule has 0 radical (unpaired) electrons. The van der Waals surface area contributed by atoms with Crippen LogP contribution in [0.15, 0.2) is 18.2 Å². The average Bonchev–Trinajstić information content (AvgIpc) is 2.18. The molecule has 0 fully saturated rings. The van der Waals surface area contributed by atoms with E-state index < -0.39 is 5.82 Å². The monoisotopic (exact) mass is 259 g/mol. The van der Waals surface area contributed by atoms with Gasteiger partial charge in [-0.1, -0.05) is 11.6 Å². The molecule has 1 rings (SSSR count). The van der Waals surface area contributed by atoms with Gasteiger partial charge in [-0.05, 0) is 39.0 Å². The van der Waals surface area contributed by atoms with Gasteiger partial charge in [-0.3, -0.25) is 4.79 Å². The number of ether oxygens (including phenoxy) is 1. The highest BCUT2D eigenvalue weighted by Crippen LogP contribution is 2.22. The summed E-state index contributed by atoms with van der Waals surface area (Å²) in [6, 6.07) is 3.78. The Morgan fingerprint density at radius 2 is 2.12 bits per heavy atom. The van der Waals surface area contributed by atoms with Gasteiger partial charge in [0.25, 0.3) is 0 Å². The van der Waals surface area contributed by atoms with Crippen molar-refractivity contribution in [3.05, 3.63) is 29.0 Å². The van der Waals surface area contributed by atoms with Crippen LogP contribution < -0.4 is 5.32 Å². The summed E-state index contributed by atoms with van der Waals surface area (Å²) in [7, 11) is 0. The lowest BCUT2D eigenvalue weighted by Gasteiger charge is -2.19. The summed E-state index contributed by atoms with van der Waals surface area (Å²) in [4.78, 5) is 11.5. The maximum absolute atomic E-state index is 12.8. The molecule has 0 heterocycles. The van der Waals surface area contributed by atoms with E-state index in [1.807, 2.05) is 20.8 Å². The van der Waals surface area contributed by atoms with Crippen LogP contribution in [0, 0.1) is 5.82 Å². The highest BCUT2D eigenvalue weighted by atomic mass is 35.5. The predicted octanol–water partition coefficient (Wildman–Crippen LogP) is 3.23. The predicted molar refractivity (Wildman–Crippen MR) is 65.7 cm³/mol. The molecule has 0 aromatic heterocycles. The Bertz CT molecular complexity index is 415. The van der Waals surface area contributed by atoms with E-state index >= 15 is 0 Å². The van der Waals surface area contributed by atoms with Crippen LogP contribution in [0.25, 0.3) is 0 Å². The molecule has 1 N–H and O–H groups in total. The van der Waals surface area contributed by atoms with Crippen LogP contribution in [0.1, 0.15) is 20.8 Å². The number of anilines is 1. The van der Waals surface area contributed by atoms with Crippen LogP contribution in [0.2, 0.25) is 5.02 Å². The van der Waals surface area contributed by atoms with Crippen molar-refractivity contribution >= 4 is 23.2 Å². The molecule has 1 aromatic carbocycles. The Hall–Kier alpha value is -1.13. The summed E-state index contributed by atoms with van der Waals surface area (Å²) in [5.74, 6) is -0.771. The van der Waals surface area contributed by atoms with Gasteiger partial charge in [-0.15, -0.1) is 0 Å². The van der Waals surface area contributed by atoms with E-state index in [-0.39, 0.29) is 23.1 Å². The fourth-order valence-corrected chi connectivity index (χ4v) is 1.27. The van der Waals surface area contributed by atoms with E-state index in [0.717, 1.165) is 6.07 Å². The van der Waals surface area contributed by atoms with Crippen molar-refractivity contribution in [1.82, 2.24) is 0 Å². The SMILES string of the molecule is CC(C)(C)OCC(=O)Nc1ccc(F)cc1Cl. The third-order valence-corrected chi connectivity index (χ3v) is 2.15. The number of carbonyl (C=O) groups excluding carboxylic acids is 1. The number of hydrogen-bond acceptors (Lipinski definition) is 2. The molecular formula is C12H15ClFNO2. The van der Waals surface area contributed by atoms with Gasteiger partial charge in [-0.2, -0.15) is 0 Å². The van der Waals surface area contributed by atoms with Crippen LogP contribution in [-0.4, -0.2) is 18.1 Å². The first-order chi connectivity index (χ1) is 7.78. The van der Waals surface area contributed by atoms with Crippen molar-refractivity contribution in [2.45, 2.75) is 26.4 Å². The Labute approximate surface area is 105 Å². The number of nitrogens with one attached hydrogen (secondary N) is 1. The van der Waals surface area contributed by atoms with Crippen LogP contribution >= 0.6 is 11.6 Å². The van der Waals surface area contributed by atoms with E-state index in [0.29, 0.717) is 5.69 Å². The molecule has 0 bridgehead atoms. The molecule has 0 atom stereocenters. The minimum Gasteiger partial charge on any atom is -0.366 e. The van der Waals surface area contributed by atoms with Crippen LogP contribution in [-0.2, 0) is 9.53 Å². The van der Waals surface area contributed by atoms with Gasteiger partial charge >= 0.3 is 0 Å². The fourth-order valence-electron chi connectivity index (χ4n) is 1.06. The molecule has 0 saturated carbocycles. The Morgan fingerprint density at radius 1 is 1.47 bits per heavy atom. The van der Waals surface area contributed by atoms with Crippen molar-refractivity contribution in [3.8, 4) is 0 Å². The minimum atomic E-state index is -0.445. The van der Waals surface area contributed by atoms with Gasteiger partial charge in [0.2, 0.25) is 5.91 Å². The minimum absolute atomic E-state index is 0.0722. The fraction of sp³-hybridized carbons (Fsp3) is 0.417. The molecule has 0 saturated heterocycles. The lowest BCUT2D eigenvalue weighted by molar-refractivity contribution is -0.125. The molecule has 1 aromatic rings. The van der Waals surface area contributed by atoms with Gasteiger partial charge in [-0.25, -0.2) is 4.39 Å². The Morgan fingerprint density at radius 3 is 2.65 bits per heavy atom. The highest BCUT2D eigenvalue weighted by molar-refractivity contribution is 6.33. The van der Waals surface area contributed by atoms with Crippen molar-refractivity contribution < 1.29 is 13.9 Å². The number of halogens is 2. The molecule has 5 heteroatoms. The number of rotatable bonds is 3. The normalized spacial score (nSPS) is 11.4. The van der Waals surface area contributed by atoms with Gasteiger partial charge in [0.05, 0.1) is 16.3 Å². The zero-order valence-corrected chi connectivity index (χ0v) is 10.8. The summed E-state index contributed by atoms with van der Waals surface area (Å²) in [6.45, 7) is 5.48. The molecule has 3 nitrogen and oxygen atoms in total. The standard InChI is InChI=1S/C12H15ClFNO2/c1-12(2,3)17-7-11(16)15-10-5-4-8(14)6-9(10)13/h4-6H,7H2,1-3H3,(H,15,16).